The molecule has 0 radical (unpaired) electrons. The van der Waals surface area contributed by atoms with E-state index in [4.69, 9.17) is 4.74 Å². The number of aryl methyl sites for hydroxylation is 2. The lowest BCUT2D eigenvalue weighted by molar-refractivity contribution is 0.0927. The number of pyridine rings is 1. The molecule has 146 valence electrons. The molecule has 1 aromatic carbocycles. The molecule has 2 heterocycles. The molecule has 1 aliphatic rings. The maximum atomic E-state index is 13.0. The van der Waals surface area contributed by atoms with Gasteiger partial charge in [0.2, 0.25) is 10.0 Å². The van der Waals surface area contributed by atoms with Gasteiger partial charge in [0.25, 0.3) is 5.91 Å². The number of benzene rings is 1. The van der Waals surface area contributed by atoms with Gasteiger partial charge in [-0.3, -0.25) is 9.78 Å². The van der Waals surface area contributed by atoms with E-state index < -0.39 is 10.0 Å². The van der Waals surface area contributed by atoms with Crippen LogP contribution in [-0.2, 0) is 14.8 Å². The van der Waals surface area contributed by atoms with E-state index in [9.17, 15) is 13.2 Å². The zero-order valence-corrected chi connectivity index (χ0v) is 16.8. The second kappa shape index (κ2) is 7.53. The van der Waals surface area contributed by atoms with Crippen LogP contribution < -0.4 is 5.32 Å². The molecule has 1 amide bonds. The number of nitrogens with one attached hydrogen (secondary N) is 1. The van der Waals surface area contributed by atoms with Gasteiger partial charge in [-0.1, -0.05) is 18.2 Å². The van der Waals surface area contributed by atoms with E-state index in [1.165, 1.54) is 18.4 Å². The number of carbonyl (C=O) groups excluding carboxylic acids is 1. The van der Waals surface area contributed by atoms with Crippen LogP contribution in [0.1, 0.15) is 21.6 Å². The van der Waals surface area contributed by atoms with Gasteiger partial charge in [0.15, 0.2) is 0 Å². The molecule has 0 spiro atoms. The van der Waals surface area contributed by atoms with Crippen LogP contribution in [-0.4, -0.2) is 62.7 Å². The molecular formula is C19H25N3O4S. The highest BCUT2D eigenvalue weighted by Gasteiger charge is 2.34. The molecule has 1 N–H and O–H groups in total. The average molecular weight is 391 g/mol. The van der Waals surface area contributed by atoms with E-state index in [0.717, 1.165) is 22.2 Å². The smallest absolute Gasteiger partial charge is 0.252 e. The number of para-hydroxylation sites is 1. The Bertz CT molecular complexity index is 972. The molecule has 0 saturated carbocycles. The van der Waals surface area contributed by atoms with Crippen molar-refractivity contribution in [2.45, 2.75) is 19.9 Å². The van der Waals surface area contributed by atoms with Crippen LogP contribution in [0.2, 0.25) is 0 Å². The van der Waals surface area contributed by atoms with Gasteiger partial charge in [-0.15, -0.1) is 0 Å². The van der Waals surface area contributed by atoms with Gasteiger partial charge < -0.3 is 10.1 Å². The Morgan fingerprint density at radius 2 is 2.04 bits per heavy atom. The van der Waals surface area contributed by atoms with Crippen molar-refractivity contribution in [3.63, 3.8) is 0 Å². The first-order chi connectivity index (χ1) is 12.7. The minimum Gasteiger partial charge on any atom is -0.379 e. The first kappa shape index (κ1) is 19.7. The lowest BCUT2D eigenvalue weighted by Crippen LogP contribution is -2.43. The second-order valence-electron chi connectivity index (χ2n) is 7.22. The molecule has 7 nitrogen and oxygen atoms in total. The van der Waals surface area contributed by atoms with E-state index in [-0.39, 0.29) is 23.6 Å². The Morgan fingerprint density at radius 3 is 2.74 bits per heavy atom. The number of rotatable bonds is 5. The number of hydrogen-bond donors (Lipinski definition) is 1. The zero-order chi connectivity index (χ0) is 19.8. The number of amides is 1. The summed E-state index contributed by atoms with van der Waals surface area (Å²) in [6.07, 6.45) is 0. The van der Waals surface area contributed by atoms with Crippen LogP contribution in [0.5, 0.6) is 0 Å². The van der Waals surface area contributed by atoms with Crippen molar-refractivity contribution < 1.29 is 17.9 Å². The lowest BCUT2D eigenvalue weighted by Gasteiger charge is -2.21. The average Bonchev–Trinajstić information content (AvgIpc) is 3.01. The van der Waals surface area contributed by atoms with Crippen molar-refractivity contribution in [1.82, 2.24) is 14.6 Å². The molecule has 2 aromatic rings. The van der Waals surface area contributed by atoms with E-state index in [1.54, 1.807) is 6.07 Å². The highest BCUT2D eigenvalue weighted by Crippen LogP contribution is 2.23. The topological polar surface area (TPSA) is 88.6 Å². The normalized spacial score (nSPS) is 20.3. The summed E-state index contributed by atoms with van der Waals surface area (Å²) in [5.41, 5.74) is 3.11. The van der Waals surface area contributed by atoms with Gasteiger partial charge in [0.1, 0.15) is 0 Å². The molecular weight excluding hydrogens is 366 g/mol. The number of fused-ring (bicyclic) bond motifs is 1. The number of aromatic nitrogens is 1. The molecule has 3 rings (SSSR count). The van der Waals surface area contributed by atoms with Crippen molar-refractivity contribution in [3.05, 3.63) is 41.1 Å². The number of nitrogens with zero attached hydrogens (tertiary/aromatic N) is 2. The van der Waals surface area contributed by atoms with Crippen LogP contribution >= 0.6 is 0 Å². The highest BCUT2D eigenvalue weighted by atomic mass is 32.2. The van der Waals surface area contributed by atoms with Crippen LogP contribution in [0.4, 0.5) is 0 Å². The standard InChI is InChI=1S/C19H25N3O4S/c1-12-6-5-7-15-16(8-13(2)20-18(12)15)19(23)21-17-10-26-9-14(17)11-27(24,25)22(3)4/h5-8,14,17H,9-11H2,1-4H3,(H,21,23)/t14-,17-/m0/s1. The predicted octanol–water partition coefficient (Wildman–Crippen LogP) is 1.49. The third kappa shape index (κ3) is 4.12. The summed E-state index contributed by atoms with van der Waals surface area (Å²) in [5.74, 6) is -0.573. The third-order valence-corrected chi connectivity index (χ3v) is 6.87. The lowest BCUT2D eigenvalue weighted by atomic mass is 10.0. The largest absolute Gasteiger partial charge is 0.379 e. The van der Waals surface area contributed by atoms with Crippen molar-refractivity contribution in [2.75, 3.05) is 33.1 Å². The zero-order valence-electron chi connectivity index (χ0n) is 16.0. The quantitative estimate of drug-likeness (QED) is 0.834. The first-order valence-corrected chi connectivity index (χ1v) is 10.5. The van der Waals surface area contributed by atoms with Gasteiger partial charge >= 0.3 is 0 Å². The van der Waals surface area contributed by atoms with Crippen LogP contribution in [0.15, 0.2) is 24.3 Å². The Balaban J connectivity index is 1.85. The molecule has 8 heteroatoms. The summed E-state index contributed by atoms with van der Waals surface area (Å²) in [6, 6.07) is 7.15. The van der Waals surface area contributed by atoms with Crippen molar-refractivity contribution in [3.8, 4) is 0 Å². The summed E-state index contributed by atoms with van der Waals surface area (Å²) in [7, 11) is -0.356. The molecule has 1 saturated heterocycles. The number of hydrogen-bond acceptors (Lipinski definition) is 5. The second-order valence-corrected chi connectivity index (χ2v) is 9.45. The fraction of sp³-hybridized carbons (Fsp3) is 0.474. The summed E-state index contributed by atoms with van der Waals surface area (Å²) in [4.78, 5) is 17.5. The van der Waals surface area contributed by atoms with Gasteiger partial charge in [-0.2, -0.15) is 0 Å². The van der Waals surface area contributed by atoms with E-state index >= 15 is 0 Å². The Morgan fingerprint density at radius 1 is 1.30 bits per heavy atom. The van der Waals surface area contributed by atoms with Gasteiger partial charge in [0.05, 0.1) is 36.1 Å². The Kier molecular flexibility index (Phi) is 5.50. The number of carbonyl (C=O) groups is 1. The fourth-order valence-electron chi connectivity index (χ4n) is 3.30. The third-order valence-electron chi connectivity index (χ3n) is 4.91. The van der Waals surface area contributed by atoms with Gasteiger partial charge in [-0.05, 0) is 25.5 Å². The highest BCUT2D eigenvalue weighted by molar-refractivity contribution is 7.89. The van der Waals surface area contributed by atoms with Crippen LogP contribution in [0.25, 0.3) is 10.9 Å². The van der Waals surface area contributed by atoms with E-state index in [2.05, 4.69) is 10.3 Å². The first-order valence-electron chi connectivity index (χ1n) is 8.85. The van der Waals surface area contributed by atoms with Crippen molar-refractivity contribution >= 4 is 26.8 Å². The molecule has 1 aromatic heterocycles. The molecule has 1 aliphatic heterocycles. The minimum atomic E-state index is -3.37. The van der Waals surface area contributed by atoms with Crippen LogP contribution in [0.3, 0.4) is 0 Å². The van der Waals surface area contributed by atoms with Crippen molar-refractivity contribution in [1.29, 1.82) is 0 Å². The number of sulfonamides is 1. The maximum Gasteiger partial charge on any atom is 0.252 e. The molecule has 0 bridgehead atoms. The predicted molar refractivity (Wildman–Crippen MR) is 104 cm³/mol. The van der Waals surface area contributed by atoms with Crippen LogP contribution in [0, 0.1) is 19.8 Å². The SMILES string of the molecule is Cc1cc(C(=O)N[C@H]2COC[C@H]2CS(=O)(=O)N(C)C)c2cccc(C)c2n1. The monoisotopic (exact) mass is 391 g/mol. The summed E-state index contributed by atoms with van der Waals surface area (Å²) < 4.78 is 31.0. The van der Waals surface area contributed by atoms with E-state index in [1.807, 2.05) is 32.0 Å². The Labute approximate surface area is 159 Å². The molecule has 0 unspecified atom stereocenters. The van der Waals surface area contributed by atoms with Gasteiger partial charge in [0, 0.05) is 31.1 Å². The number of ether oxygens (including phenoxy) is 1. The van der Waals surface area contributed by atoms with E-state index in [0.29, 0.717) is 18.8 Å². The molecule has 1 fully saturated rings. The van der Waals surface area contributed by atoms with Crippen molar-refractivity contribution in [2.24, 2.45) is 5.92 Å². The molecule has 2 atom stereocenters. The maximum absolute atomic E-state index is 13.0. The summed E-state index contributed by atoms with van der Waals surface area (Å²) in [6.45, 7) is 4.44. The summed E-state index contributed by atoms with van der Waals surface area (Å²) >= 11 is 0. The molecule has 0 aliphatic carbocycles. The summed E-state index contributed by atoms with van der Waals surface area (Å²) in [5, 5.41) is 3.76. The molecule has 27 heavy (non-hydrogen) atoms. The minimum absolute atomic E-state index is 0.0554. The fourth-order valence-corrected chi connectivity index (χ4v) is 4.46. The Hall–Kier alpha value is -2.03. The van der Waals surface area contributed by atoms with Gasteiger partial charge in [-0.25, -0.2) is 12.7 Å².